The van der Waals surface area contributed by atoms with Crippen LogP contribution in [-0.2, 0) is 4.79 Å². The molecule has 1 aromatic heterocycles. The van der Waals surface area contributed by atoms with Gasteiger partial charge in [0.25, 0.3) is 5.56 Å². The minimum absolute atomic E-state index is 0.0338. The van der Waals surface area contributed by atoms with E-state index in [1.54, 1.807) is 6.92 Å². The second kappa shape index (κ2) is 3.30. The topological polar surface area (TPSA) is 62.8 Å². The molecule has 0 saturated carbocycles. The van der Waals surface area contributed by atoms with Crippen molar-refractivity contribution in [2.45, 2.75) is 19.8 Å². The van der Waals surface area contributed by atoms with Crippen LogP contribution >= 0.6 is 0 Å². The minimum Gasteiger partial charge on any atom is -0.313 e. The zero-order chi connectivity index (χ0) is 9.14. The molecule has 0 radical (unpaired) electrons. The molecule has 0 aliphatic carbocycles. The van der Waals surface area contributed by atoms with Crippen molar-refractivity contribution in [2.75, 3.05) is 0 Å². The molecule has 64 valence electrons. The molecule has 1 atom stereocenters. The molecule has 1 unspecified atom stereocenters. The molecule has 0 aromatic carbocycles. The van der Waals surface area contributed by atoms with Gasteiger partial charge in [0, 0.05) is 17.7 Å². The molecule has 1 aromatic rings. The lowest BCUT2D eigenvalue weighted by atomic mass is 10.0. The van der Waals surface area contributed by atoms with Gasteiger partial charge in [0.1, 0.15) is 5.78 Å². The summed E-state index contributed by atoms with van der Waals surface area (Å²) < 4.78 is 0. The Kier molecular flexibility index (Phi) is 2.38. The molecule has 4 heteroatoms. The number of aromatic amines is 1. The van der Waals surface area contributed by atoms with Gasteiger partial charge < -0.3 is 4.98 Å². The highest BCUT2D eigenvalue weighted by Gasteiger charge is 2.13. The summed E-state index contributed by atoms with van der Waals surface area (Å²) in [6.45, 7) is 3.14. The standard InChI is InChI=1S/C8H10N2O2/c1-5(6(2)11)7-3-9-4-10-8(7)12/h3-5H,1-2H3,(H,9,10,12). The minimum atomic E-state index is -0.373. The van der Waals surface area contributed by atoms with Crippen LogP contribution in [0.4, 0.5) is 0 Å². The van der Waals surface area contributed by atoms with E-state index in [0.717, 1.165) is 0 Å². The van der Waals surface area contributed by atoms with E-state index < -0.39 is 0 Å². The molecule has 1 heterocycles. The summed E-state index contributed by atoms with van der Waals surface area (Å²) in [6, 6.07) is 0. The van der Waals surface area contributed by atoms with Crippen LogP contribution in [0, 0.1) is 0 Å². The molecule has 0 spiro atoms. The van der Waals surface area contributed by atoms with Gasteiger partial charge in [0.05, 0.1) is 6.33 Å². The molecule has 1 rings (SSSR count). The van der Waals surface area contributed by atoms with Crippen molar-refractivity contribution in [1.82, 2.24) is 9.97 Å². The fraction of sp³-hybridized carbons (Fsp3) is 0.375. The van der Waals surface area contributed by atoms with Crippen LogP contribution in [0.5, 0.6) is 0 Å². The fourth-order valence-electron chi connectivity index (χ4n) is 0.883. The first-order valence-electron chi connectivity index (χ1n) is 3.66. The molecule has 0 fully saturated rings. The van der Waals surface area contributed by atoms with Gasteiger partial charge in [0.2, 0.25) is 0 Å². The van der Waals surface area contributed by atoms with Crippen molar-refractivity contribution < 1.29 is 4.79 Å². The third-order valence-electron chi connectivity index (χ3n) is 1.82. The number of carbonyl (C=O) groups is 1. The molecule has 0 bridgehead atoms. The van der Waals surface area contributed by atoms with Crippen LogP contribution in [0.1, 0.15) is 25.3 Å². The number of ketones is 1. The molecule has 4 nitrogen and oxygen atoms in total. The average molecular weight is 166 g/mol. The Morgan fingerprint density at radius 1 is 1.67 bits per heavy atom. The van der Waals surface area contributed by atoms with Crippen LogP contribution in [0.25, 0.3) is 0 Å². The maximum atomic E-state index is 11.1. The summed E-state index contributed by atoms with van der Waals surface area (Å²) in [6.07, 6.45) is 2.73. The van der Waals surface area contributed by atoms with Crippen LogP contribution in [-0.4, -0.2) is 15.8 Å². The summed E-state index contributed by atoms with van der Waals surface area (Å²) >= 11 is 0. The fourth-order valence-corrected chi connectivity index (χ4v) is 0.883. The number of hydrogen-bond donors (Lipinski definition) is 1. The normalized spacial score (nSPS) is 12.5. The van der Waals surface area contributed by atoms with E-state index in [1.807, 2.05) is 0 Å². The Hall–Kier alpha value is -1.45. The number of rotatable bonds is 2. The first-order chi connectivity index (χ1) is 5.63. The van der Waals surface area contributed by atoms with Crippen LogP contribution in [0.15, 0.2) is 17.3 Å². The van der Waals surface area contributed by atoms with E-state index in [2.05, 4.69) is 9.97 Å². The molecular formula is C8H10N2O2. The SMILES string of the molecule is CC(=O)C(C)c1cnc[nH]c1=O. The lowest BCUT2D eigenvalue weighted by molar-refractivity contribution is -0.118. The maximum Gasteiger partial charge on any atom is 0.254 e. The van der Waals surface area contributed by atoms with Crippen LogP contribution < -0.4 is 5.56 Å². The maximum absolute atomic E-state index is 11.1. The third-order valence-corrected chi connectivity index (χ3v) is 1.82. The van der Waals surface area contributed by atoms with Gasteiger partial charge in [-0.25, -0.2) is 4.98 Å². The number of aromatic nitrogens is 2. The molecule has 0 aliphatic heterocycles. The summed E-state index contributed by atoms with van der Waals surface area (Å²) in [5.74, 6) is -0.407. The van der Waals surface area contributed by atoms with Gasteiger partial charge in [-0.15, -0.1) is 0 Å². The first kappa shape index (κ1) is 8.64. The van der Waals surface area contributed by atoms with Gasteiger partial charge >= 0.3 is 0 Å². The molecule has 12 heavy (non-hydrogen) atoms. The highest BCUT2D eigenvalue weighted by molar-refractivity contribution is 5.82. The number of H-pyrrole nitrogens is 1. The quantitative estimate of drug-likeness (QED) is 0.694. The number of hydrogen-bond acceptors (Lipinski definition) is 3. The zero-order valence-electron chi connectivity index (χ0n) is 7.00. The third kappa shape index (κ3) is 1.58. The van der Waals surface area contributed by atoms with Gasteiger partial charge in [-0.2, -0.15) is 0 Å². The largest absolute Gasteiger partial charge is 0.313 e. The van der Waals surface area contributed by atoms with E-state index in [-0.39, 0.29) is 17.3 Å². The smallest absolute Gasteiger partial charge is 0.254 e. The molecular weight excluding hydrogens is 156 g/mol. The summed E-state index contributed by atoms with van der Waals surface area (Å²) in [4.78, 5) is 28.2. The predicted octanol–water partition coefficient (Wildman–Crippen LogP) is 0.462. The second-order valence-corrected chi connectivity index (χ2v) is 2.67. The molecule has 0 amide bonds. The summed E-state index contributed by atoms with van der Waals surface area (Å²) in [7, 11) is 0. The van der Waals surface area contributed by atoms with E-state index in [1.165, 1.54) is 19.4 Å². The lowest BCUT2D eigenvalue weighted by Crippen LogP contribution is -2.18. The summed E-state index contributed by atoms with van der Waals surface area (Å²) in [5, 5.41) is 0. The van der Waals surface area contributed by atoms with Crippen molar-refractivity contribution in [3.8, 4) is 0 Å². The predicted molar refractivity (Wildman–Crippen MR) is 44.0 cm³/mol. The Balaban J connectivity index is 3.11. The Labute approximate surface area is 69.7 Å². The molecule has 0 aliphatic rings. The lowest BCUT2D eigenvalue weighted by Gasteiger charge is -2.03. The average Bonchev–Trinajstić information content (AvgIpc) is 2.04. The highest BCUT2D eigenvalue weighted by atomic mass is 16.1. The number of nitrogens with zero attached hydrogens (tertiary/aromatic N) is 1. The van der Waals surface area contributed by atoms with Crippen LogP contribution in [0.3, 0.4) is 0 Å². The zero-order valence-corrected chi connectivity index (χ0v) is 7.00. The monoisotopic (exact) mass is 166 g/mol. The molecule has 0 saturated heterocycles. The van der Waals surface area contributed by atoms with Gasteiger partial charge in [0.15, 0.2) is 0 Å². The van der Waals surface area contributed by atoms with Gasteiger partial charge in [-0.05, 0) is 6.92 Å². The van der Waals surface area contributed by atoms with Gasteiger partial charge in [-0.3, -0.25) is 9.59 Å². The first-order valence-corrected chi connectivity index (χ1v) is 3.66. The van der Waals surface area contributed by atoms with E-state index in [4.69, 9.17) is 0 Å². The number of nitrogens with one attached hydrogen (secondary N) is 1. The van der Waals surface area contributed by atoms with Crippen molar-refractivity contribution >= 4 is 5.78 Å². The van der Waals surface area contributed by atoms with Crippen molar-refractivity contribution in [2.24, 2.45) is 0 Å². The van der Waals surface area contributed by atoms with Crippen molar-refractivity contribution in [1.29, 1.82) is 0 Å². The second-order valence-electron chi connectivity index (χ2n) is 2.67. The Bertz CT molecular complexity index is 343. The van der Waals surface area contributed by atoms with Crippen LogP contribution in [0.2, 0.25) is 0 Å². The number of carbonyl (C=O) groups excluding carboxylic acids is 1. The van der Waals surface area contributed by atoms with Crippen molar-refractivity contribution in [3.05, 3.63) is 28.4 Å². The molecule has 1 N–H and O–H groups in total. The van der Waals surface area contributed by atoms with Gasteiger partial charge in [-0.1, -0.05) is 6.92 Å². The van der Waals surface area contributed by atoms with E-state index in [0.29, 0.717) is 5.56 Å². The van der Waals surface area contributed by atoms with E-state index in [9.17, 15) is 9.59 Å². The summed E-state index contributed by atoms with van der Waals surface area (Å²) in [5.41, 5.74) is 0.178. The Morgan fingerprint density at radius 2 is 2.33 bits per heavy atom. The number of Topliss-reactive ketones (excluding diaryl/α,β-unsaturated/α-hetero) is 1. The highest BCUT2D eigenvalue weighted by Crippen LogP contribution is 2.08. The van der Waals surface area contributed by atoms with Crippen molar-refractivity contribution in [3.63, 3.8) is 0 Å². The van der Waals surface area contributed by atoms with E-state index >= 15 is 0 Å². The Morgan fingerprint density at radius 3 is 2.83 bits per heavy atom.